The van der Waals surface area contributed by atoms with E-state index < -0.39 is 0 Å². The second-order valence-electron chi connectivity index (χ2n) is 5.54. The summed E-state index contributed by atoms with van der Waals surface area (Å²) in [6, 6.07) is 0. The molecule has 5 nitrogen and oxygen atoms in total. The molecule has 0 saturated carbocycles. The van der Waals surface area contributed by atoms with Crippen molar-refractivity contribution < 1.29 is 4.52 Å². The first kappa shape index (κ1) is 12.0. The van der Waals surface area contributed by atoms with Crippen molar-refractivity contribution in [1.29, 1.82) is 0 Å². The van der Waals surface area contributed by atoms with Crippen LogP contribution in [-0.4, -0.2) is 36.3 Å². The molecule has 0 aliphatic carbocycles. The molecule has 1 aromatic rings. The average molecular weight is 250 g/mol. The van der Waals surface area contributed by atoms with Crippen LogP contribution in [0, 0.1) is 5.92 Å². The molecule has 0 radical (unpaired) electrons. The van der Waals surface area contributed by atoms with Crippen LogP contribution < -0.4 is 10.2 Å². The van der Waals surface area contributed by atoms with Gasteiger partial charge in [-0.3, -0.25) is 0 Å². The largest absolute Gasteiger partial charge is 0.338 e. The Morgan fingerprint density at radius 3 is 2.56 bits per heavy atom. The molecule has 0 aromatic carbocycles. The molecular formula is C13H22N4O. The first-order valence-corrected chi connectivity index (χ1v) is 7.14. The Morgan fingerprint density at radius 2 is 1.94 bits per heavy atom. The van der Waals surface area contributed by atoms with E-state index in [9.17, 15) is 0 Å². The van der Waals surface area contributed by atoms with Gasteiger partial charge in [0.25, 0.3) is 5.95 Å². The maximum atomic E-state index is 5.45. The van der Waals surface area contributed by atoms with Crippen LogP contribution in [0.3, 0.4) is 0 Å². The monoisotopic (exact) mass is 250 g/mol. The molecule has 1 atom stereocenters. The molecule has 2 aliphatic heterocycles. The van der Waals surface area contributed by atoms with Crippen molar-refractivity contribution in [2.45, 2.75) is 38.5 Å². The lowest BCUT2D eigenvalue weighted by molar-refractivity contribution is 0.252. The number of anilines is 1. The van der Waals surface area contributed by atoms with Crippen LogP contribution >= 0.6 is 0 Å². The standard InChI is InChI=1S/C13H22N4O/c1-10(11-8-14-9-11)12-15-13(16-18-12)17-6-4-2-3-5-7-17/h10-11,14H,2-9H2,1H3. The van der Waals surface area contributed by atoms with E-state index in [1.54, 1.807) is 0 Å². The highest BCUT2D eigenvalue weighted by Gasteiger charge is 2.29. The molecule has 5 heteroatoms. The fraction of sp³-hybridized carbons (Fsp3) is 0.846. The van der Waals surface area contributed by atoms with Crippen molar-refractivity contribution in [1.82, 2.24) is 15.5 Å². The van der Waals surface area contributed by atoms with E-state index in [0.717, 1.165) is 38.0 Å². The van der Waals surface area contributed by atoms with Gasteiger partial charge in [-0.2, -0.15) is 4.98 Å². The molecule has 0 spiro atoms. The van der Waals surface area contributed by atoms with Gasteiger partial charge in [0.1, 0.15) is 0 Å². The van der Waals surface area contributed by atoms with Crippen molar-refractivity contribution in [2.24, 2.45) is 5.92 Å². The molecule has 1 aromatic heterocycles. The van der Waals surface area contributed by atoms with Crippen molar-refractivity contribution in [3.63, 3.8) is 0 Å². The Bertz CT molecular complexity index is 380. The third-order valence-corrected chi connectivity index (χ3v) is 4.23. The smallest absolute Gasteiger partial charge is 0.266 e. The molecule has 2 fully saturated rings. The molecule has 1 N–H and O–H groups in total. The van der Waals surface area contributed by atoms with Crippen LogP contribution in [0.1, 0.15) is 44.4 Å². The third kappa shape index (κ3) is 2.36. The van der Waals surface area contributed by atoms with Crippen molar-refractivity contribution in [3.8, 4) is 0 Å². The highest BCUT2D eigenvalue weighted by atomic mass is 16.5. The summed E-state index contributed by atoms with van der Waals surface area (Å²) in [5, 5.41) is 7.45. The summed E-state index contributed by atoms with van der Waals surface area (Å²) in [5.74, 6) is 2.63. The Hall–Kier alpha value is -1.10. The predicted octanol–water partition coefficient (Wildman–Crippen LogP) is 1.77. The zero-order chi connectivity index (χ0) is 12.4. The summed E-state index contributed by atoms with van der Waals surface area (Å²) in [4.78, 5) is 6.87. The number of nitrogens with one attached hydrogen (secondary N) is 1. The topological polar surface area (TPSA) is 54.2 Å². The van der Waals surface area contributed by atoms with Crippen LogP contribution in [0.15, 0.2) is 4.52 Å². The minimum atomic E-state index is 0.375. The molecule has 0 bridgehead atoms. The lowest BCUT2D eigenvalue weighted by Crippen LogP contribution is -2.44. The van der Waals surface area contributed by atoms with Gasteiger partial charge in [0.05, 0.1) is 0 Å². The van der Waals surface area contributed by atoms with E-state index >= 15 is 0 Å². The summed E-state index contributed by atoms with van der Waals surface area (Å²) in [5.41, 5.74) is 0. The molecule has 3 rings (SSSR count). The summed E-state index contributed by atoms with van der Waals surface area (Å²) >= 11 is 0. The van der Waals surface area contributed by atoms with Crippen molar-refractivity contribution in [2.75, 3.05) is 31.1 Å². The molecule has 2 saturated heterocycles. The van der Waals surface area contributed by atoms with Gasteiger partial charge in [-0.15, -0.1) is 0 Å². The summed E-state index contributed by atoms with van der Waals surface area (Å²) in [6.45, 7) is 6.47. The van der Waals surface area contributed by atoms with Crippen LogP contribution in [0.2, 0.25) is 0 Å². The Kier molecular flexibility index (Phi) is 3.50. The van der Waals surface area contributed by atoms with Crippen LogP contribution in [0.25, 0.3) is 0 Å². The fourth-order valence-corrected chi connectivity index (χ4v) is 2.68. The number of hydrogen-bond donors (Lipinski definition) is 1. The number of rotatable bonds is 3. The molecule has 1 unspecified atom stereocenters. The minimum absolute atomic E-state index is 0.375. The maximum absolute atomic E-state index is 5.45. The Labute approximate surface area is 108 Å². The maximum Gasteiger partial charge on any atom is 0.266 e. The second kappa shape index (κ2) is 5.26. The van der Waals surface area contributed by atoms with Gasteiger partial charge < -0.3 is 14.7 Å². The summed E-state index contributed by atoms with van der Waals surface area (Å²) < 4.78 is 5.45. The van der Waals surface area contributed by atoms with Gasteiger partial charge in [-0.1, -0.05) is 19.8 Å². The quantitative estimate of drug-likeness (QED) is 0.886. The lowest BCUT2D eigenvalue weighted by Gasteiger charge is -2.30. The zero-order valence-corrected chi connectivity index (χ0v) is 11.1. The van der Waals surface area contributed by atoms with E-state index in [2.05, 4.69) is 27.3 Å². The second-order valence-corrected chi connectivity index (χ2v) is 5.54. The van der Waals surface area contributed by atoms with E-state index in [1.165, 1.54) is 25.7 Å². The first-order valence-electron chi connectivity index (χ1n) is 7.14. The van der Waals surface area contributed by atoms with Gasteiger partial charge in [0, 0.05) is 19.0 Å². The molecule has 0 amide bonds. The molecule has 3 heterocycles. The molecule has 100 valence electrons. The highest BCUT2D eigenvalue weighted by Crippen LogP contribution is 2.27. The van der Waals surface area contributed by atoms with Gasteiger partial charge in [0.2, 0.25) is 5.89 Å². The van der Waals surface area contributed by atoms with Gasteiger partial charge in [0.15, 0.2) is 0 Å². The normalized spacial score (nSPS) is 23.5. The SMILES string of the molecule is CC(c1nc(N2CCCCCC2)no1)C1CNC1. The highest BCUT2D eigenvalue weighted by molar-refractivity contribution is 5.28. The average Bonchev–Trinajstić information content (AvgIpc) is 2.63. The van der Waals surface area contributed by atoms with Crippen LogP contribution in [-0.2, 0) is 0 Å². The zero-order valence-electron chi connectivity index (χ0n) is 11.1. The van der Waals surface area contributed by atoms with Gasteiger partial charge in [-0.25, -0.2) is 0 Å². The minimum Gasteiger partial charge on any atom is -0.338 e. The predicted molar refractivity (Wildman–Crippen MR) is 69.8 cm³/mol. The lowest BCUT2D eigenvalue weighted by atomic mass is 9.89. The van der Waals surface area contributed by atoms with Crippen molar-refractivity contribution >= 4 is 5.95 Å². The molecule has 2 aliphatic rings. The van der Waals surface area contributed by atoms with Crippen LogP contribution in [0.5, 0.6) is 0 Å². The Morgan fingerprint density at radius 1 is 1.22 bits per heavy atom. The number of aromatic nitrogens is 2. The first-order chi connectivity index (χ1) is 8.84. The third-order valence-electron chi connectivity index (χ3n) is 4.23. The molecular weight excluding hydrogens is 228 g/mol. The Balaban J connectivity index is 1.67. The van der Waals surface area contributed by atoms with Crippen LogP contribution in [0.4, 0.5) is 5.95 Å². The van der Waals surface area contributed by atoms with Gasteiger partial charge >= 0.3 is 0 Å². The van der Waals surface area contributed by atoms with Crippen molar-refractivity contribution in [3.05, 3.63) is 5.89 Å². The van der Waals surface area contributed by atoms with E-state index in [4.69, 9.17) is 4.52 Å². The molecule has 18 heavy (non-hydrogen) atoms. The summed E-state index contributed by atoms with van der Waals surface area (Å²) in [7, 11) is 0. The fourth-order valence-electron chi connectivity index (χ4n) is 2.68. The van der Waals surface area contributed by atoms with Gasteiger partial charge in [-0.05, 0) is 37.0 Å². The van der Waals surface area contributed by atoms with E-state index in [1.807, 2.05) is 0 Å². The number of hydrogen-bond acceptors (Lipinski definition) is 5. The number of nitrogens with zero attached hydrogens (tertiary/aromatic N) is 3. The summed E-state index contributed by atoms with van der Waals surface area (Å²) in [6.07, 6.45) is 5.13. The van der Waals surface area contributed by atoms with E-state index in [0.29, 0.717) is 11.8 Å². The van der Waals surface area contributed by atoms with E-state index in [-0.39, 0.29) is 0 Å².